The van der Waals surface area contributed by atoms with Crippen LogP contribution in [0.2, 0.25) is 0 Å². The maximum atomic E-state index is 12.6. The van der Waals surface area contributed by atoms with Gasteiger partial charge in [-0.25, -0.2) is 18.1 Å². The van der Waals surface area contributed by atoms with E-state index >= 15 is 0 Å². The first-order valence-electron chi connectivity index (χ1n) is 10.9. The average molecular weight is 497 g/mol. The number of nitrogens with one attached hydrogen (secondary N) is 3. The summed E-state index contributed by atoms with van der Waals surface area (Å²) < 4.78 is 32.8. The van der Waals surface area contributed by atoms with Gasteiger partial charge >= 0.3 is 0 Å². The van der Waals surface area contributed by atoms with Crippen molar-refractivity contribution in [2.24, 2.45) is 0 Å². The van der Waals surface area contributed by atoms with Gasteiger partial charge in [0, 0.05) is 30.2 Å². The third kappa shape index (κ3) is 4.77. The lowest BCUT2D eigenvalue weighted by Gasteiger charge is -2.37. The Morgan fingerprint density at radius 3 is 2.40 bits per heavy atom. The van der Waals surface area contributed by atoms with Crippen molar-refractivity contribution in [1.82, 2.24) is 14.7 Å². The van der Waals surface area contributed by atoms with Crippen LogP contribution in [0.15, 0.2) is 47.5 Å². The number of nitrogens with zero attached hydrogens (tertiary/aromatic N) is 3. The predicted octanol–water partition coefficient (Wildman–Crippen LogP) is 3.62. The number of likely N-dealkylation sites (N-methyl/N-ethyl adjacent to an activating group) is 1. The lowest BCUT2D eigenvalue weighted by molar-refractivity contribution is -0.132. The van der Waals surface area contributed by atoms with Crippen LogP contribution in [0, 0.1) is 13.8 Å². The van der Waals surface area contributed by atoms with E-state index in [-0.39, 0.29) is 10.8 Å². The van der Waals surface area contributed by atoms with E-state index in [1.807, 2.05) is 25.1 Å². The van der Waals surface area contributed by atoms with Crippen LogP contribution in [0.3, 0.4) is 0 Å². The molecule has 2 aromatic carbocycles. The van der Waals surface area contributed by atoms with E-state index in [1.54, 1.807) is 51.0 Å². The van der Waals surface area contributed by atoms with Crippen molar-refractivity contribution < 1.29 is 17.9 Å². The molecule has 1 amide bonds. The third-order valence-electron chi connectivity index (χ3n) is 5.74. The number of anilines is 5. The highest BCUT2D eigenvalue weighted by atomic mass is 32.2. The molecular formula is C24H28N6O4S. The van der Waals surface area contributed by atoms with Crippen molar-refractivity contribution in [3.05, 3.63) is 53.7 Å². The molecule has 0 saturated heterocycles. The van der Waals surface area contributed by atoms with Crippen molar-refractivity contribution in [3.63, 3.8) is 0 Å². The summed E-state index contributed by atoms with van der Waals surface area (Å²) in [5, 5.41) is 6.33. The molecule has 11 heteroatoms. The Morgan fingerprint density at radius 1 is 1.00 bits per heavy atom. The van der Waals surface area contributed by atoms with Crippen LogP contribution in [-0.2, 0) is 14.8 Å². The van der Waals surface area contributed by atoms with Crippen LogP contribution in [0.5, 0.6) is 5.75 Å². The Bertz CT molecular complexity index is 1420. The van der Waals surface area contributed by atoms with Gasteiger partial charge in [-0.15, -0.1) is 0 Å². The van der Waals surface area contributed by atoms with Crippen LogP contribution in [0.4, 0.5) is 28.8 Å². The van der Waals surface area contributed by atoms with Gasteiger partial charge in [-0.2, -0.15) is 4.98 Å². The fraction of sp³-hybridized carbons (Fsp3) is 0.292. The van der Waals surface area contributed by atoms with E-state index in [4.69, 9.17) is 4.74 Å². The molecule has 184 valence electrons. The van der Waals surface area contributed by atoms with Crippen molar-refractivity contribution in [3.8, 4) is 5.75 Å². The topological polar surface area (TPSA) is 126 Å². The number of sulfonamides is 1. The van der Waals surface area contributed by atoms with Crippen LogP contribution in [0.1, 0.15) is 25.0 Å². The summed E-state index contributed by atoms with van der Waals surface area (Å²) >= 11 is 0. The Labute approximate surface area is 204 Å². The van der Waals surface area contributed by atoms with E-state index in [9.17, 15) is 13.2 Å². The minimum atomic E-state index is -3.60. The molecule has 0 saturated carbocycles. The highest BCUT2D eigenvalue weighted by molar-refractivity contribution is 7.89. The molecule has 0 bridgehead atoms. The first kappa shape index (κ1) is 24.4. The molecule has 0 aliphatic carbocycles. The molecular weight excluding hydrogens is 468 g/mol. The number of aromatic nitrogens is 2. The normalized spacial score (nSPS) is 14.8. The summed E-state index contributed by atoms with van der Waals surface area (Å²) in [6, 6.07) is 10.5. The van der Waals surface area contributed by atoms with Crippen LogP contribution in [-0.4, -0.2) is 44.0 Å². The molecule has 1 aliphatic rings. The molecule has 3 N–H and O–H groups in total. The number of rotatable bonds is 6. The summed E-state index contributed by atoms with van der Waals surface area (Å²) in [6.45, 7) is 7.08. The van der Waals surface area contributed by atoms with Gasteiger partial charge in [0.25, 0.3) is 5.91 Å². The Morgan fingerprint density at radius 2 is 1.69 bits per heavy atom. The molecule has 35 heavy (non-hydrogen) atoms. The second kappa shape index (κ2) is 8.82. The van der Waals surface area contributed by atoms with Gasteiger partial charge < -0.3 is 20.3 Å². The van der Waals surface area contributed by atoms with E-state index < -0.39 is 15.6 Å². The number of benzene rings is 2. The molecule has 1 aromatic heterocycles. The van der Waals surface area contributed by atoms with E-state index in [0.29, 0.717) is 34.5 Å². The Balaban J connectivity index is 1.60. The van der Waals surface area contributed by atoms with Gasteiger partial charge in [-0.3, -0.25) is 4.79 Å². The quantitative estimate of drug-likeness (QED) is 0.472. The number of hydrogen-bond acceptors (Lipinski definition) is 8. The fourth-order valence-electron chi connectivity index (χ4n) is 3.75. The predicted molar refractivity (Wildman–Crippen MR) is 135 cm³/mol. The number of aryl methyl sites for hydroxylation is 2. The van der Waals surface area contributed by atoms with Crippen molar-refractivity contribution >= 4 is 44.8 Å². The van der Waals surface area contributed by atoms with Crippen molar-refractivity contribution in [2.75, 3.05) is 29.6 Å². The van der Waals surface area contributed by atoms with Gasteiger partial charge in [-0.1, -0.05) is 6.07 Å². The van der Waals surface area contributed by atoms with Crippen molar-refractivity contribution in [1.29, 1.82) is 0 Å². The lowest BCUT2D eigenvalue weighted by atomic mass is 10.0. The molecule has 1 aliphatic heterocycles. The number of amides is 1. The van der Waals surface area contributed by atoms with E-state index in [2.05, 4.69) is 25.3 Å². The molecule has 0 fully saturated rings. The summed E-state index contributed by atoms with van der Waals surface area (Å²) in [6.07, 6.45) is 1.66. The Kier molecular flexibility index (Phi) is 6.16. The number of ether oxygens (including phenoxy) is 1. The monoisotopic (exact) mass is 496 g/mol. The summed E-state index contributed by atoms with van der Waals surface area (Å²) in [5.41, 5.74) is 2.41. The molecule has 0 radical (unpaired) electrons. The molecule has 2 heterocycles. The summed E-state index contributed by atoms with van der Waals surface area (Å²) in [7, 11) is -0.512. The average Bonchev–Trinajstić information content (AvgIpc) is 2.81. The first-order valence-corrected chi connectivity index (χ1v) is 12.4. The van der Waals surface area contributed by atoms with Gasteiger partial charge in [0.1, 0.15) is 11.6 Å². The summed E-state index contributed by atoms with van der Waals surface area (Å²) in [4.78, 5) is 23.2. The van der Waals surface area contributed by atoms with Gasteiger partial charge in [-0.05, 0) is 70.6 Å². The van der Waals surface area contributed by atoms with Crippen LogP contribution >= 0.6 is 0 Å². The fourth-order valence-corrected chi connectivity index (χ4v) is 4.74. The standard InChI is InChI=1S/C24H28N6O4S/c1-14-7-8-17(12-20(14)35(32,33)25-5)28-23-26-13-15(2)21(29-23)27-16-9-10-19-18(11-16)30(6)22(31)24(3,4)34-19/h7-13,25H,1-6H3,(H2,26,27,28,29). The van der Waals surface area contributed by atoms with E-state index in [1.165, 1.54) is 13.1 Å². The lowest BCUT2D eigenvalue weighted by Crippen LogP contribution is -2.50. The van der Waals surface area contributed by atoms with Crippen molar-refractivity contribution in [2.45, 2.75) is 38.2 Å². The number of carbonyl (C=O) groups is 1. The number of hydrogen-bond donors (Lipinski definition) is 3. The zero-order valence-corrected chi connectivity index (χ0v) is 21.2. The molecule has 0 spiro atoms. The molecule has 0 unspecified atom stereocenters. The van der Waals surface area contributed by atoms with Gasteiger partial charge in [0.05, 0.1) is 10.6 Å². The minimum Gasteiger partial charge on any atom is -0.476 e. The largest absolute Gasteiger partial charge is 0.476 e. The smallest absolute Gasteiger partial charge is 0.270 e. The number of carbonyl (C=O) groups excluding carboxylic acids is 1. The van der Waals surface area contributed by atoms with Crippen LogP contribution in [0.25, 0.3) is 0 Å². The highest BCUT2D eigenvalue weighted by Crippen LogP contribution is 2.39. The number of fused-ring (bicyclic) bond motifs is 1. The highest BCUT2D eigenvalue weighted by Gasteiger charge is 2.39. The minimum absolute atomic E-state index is 0.135. The molecule has 10 nitrogen and oxygen atoms in total. The molecule has 3 aromatic rings. The second-order valence-electron chi connectivity index (χ2n) is 8.82. The van der Waals surface area contributed by atoms with Gasteiger partial charge in [0.15, 0.2) is 5.60 Å². The maximum Gasteiger partial charge on any atom is 0.270 e. The Hall–Kier alpha value is -3.70. The maximum absolute atomic E-state index is 12.6. The van der Waals surface area contributed by atoms with Crippen LogP contribution < -0.4 is 25.0 Å². The second-order valence-corrected chi connectivity index (χ2v) is 10.7. The van der Waals surface area contributed by atoms with Gasteiger partial charge in [0.2, 0.25) is 16.0 Å². The molecule has 4 rings (SSSR count). The zero-order chi connectivity index (χ0) is 25.5. The summed E-state index contributed by atoms with van der Waals surface area (Å²) in [5.74, 6) is 1.34. The van der Waals surface area contributed by atoms with E-state index in [0.717, 1.165) is 11.3 Å². The third-order valence-corrected chi connectivity index (χ3v) is 7.30. The SMILES string of the molecule is CNS(=O)(=O)c1cc(Nc2ncc(C)c(Nc3ccc4c(c3)N(C)C(=O)C(C)(C)O4)n2)ccc1C. The zero-order valence-electron chi connectivity index (χ0n) is 20.4. The molecule has 0 atom stereocenters. The first-order chi connectivity index (χ1) is 16.4.